The summed E-state index contributed by atoms with van der Waals surface area (Å²) in [4.78, 5) is 0. The van der Waals surface area contributed by atoms with Crippen molar-refractivity contribution in [1.82, 2.24) is 5.32 Å². The van der Waals surface area contributed by atoms with E-state index in [0.717, 1.165) is 18.0 Å². The van der Waals surface area contributed by atoms with Crippen LogP contribution in [0.5, 0.6) is 5.75 Å². The van der Waals surface area contributed by atoms with Crippen molar-refractivity contribution in [1.29, 1.82) is 0 Å². The number of hydrogen-bond donors (Lipinski definition) is 2. The zero-order chi connectivity index (χ0) is 9.97. The van der Waals surface area contributed by atoms with Crippen LogP contribution in [0.4, 0.5) is 0 Å². The highest BCUT2D eigenvalue weighted by atomic mass is 16.3. The molecule has 0 aliphatic heterocycles. The van der Waals surface area contributed by atoms with Crippen LogP contribution in [0.2, 0.25) is 0 Å². The van der Waals surface area contributed by atoms with E-state index in [0.29, 0.717) is 11.8 Å². The van der Waals surface area contributed by atoms with Crippen LogP contribution >= 0.6 is 0 Å². The first-order valence-electron chi connectivity index (χ1n) is 5.25. The SMILES string of the molecule is CC1CC(NCc2cccc(O)c2)C1. The molecule has 0 heterocycles. The average Bonchev–Trinajstić information content (AvgIpc) is 2.11. The van der Waals surface area contributed by atoms with Crippen molar-refractivity contribution in [2.45, 2.75) is 32.4 Å². The quantitative estimate of drug-likeness (QED) is 0.768. The molecule has 1 fully saturated rings. The van der Waals surface area contributed by atoms with Crippen molar-refractivity contribution in [3.63, 3.8) is 0 Å². The number of nitrogens with one attached hydrogen (secondary N) is 1. The van der Waals surface area contributed by atoms with Gasteiger partial charge in [0.15, 0.2) is 0 Å². The first-order valence-corrected chi connectivity index (χ1v) is 5.25. The second-order valence-electron chi connectivity index (χ2n) is 4.32. The third-order valence-corrected chi connectivity index (χ3v) is 2.88. The zero-order valence-corrected chi connectivity index (χ0v) is 8.53. The Hall–Kier alpha value is -1.02. The zero-order valence-electron chi connectivity index (χ0n) is 8.53. The fourth-order valence-corrected chi connectivity index (χ4v) is 2.00. The fourth-order valence-electron chi connectivity index (χ4n) is 2.00. The molecule has 0 unspecified atom stereocenters. The van der Waals surface area contributed by atoms with Crippen LogP contribution in [-0.4, -0.2) is 11.1 Å². The van der Waals surface area contributed by atoms with Gasteiger partial charge >= 0.3 is 0 Å². The molecule has 0 saturated heterocycles. The molecule has 0 bridgehead atoms. The lowest BCUT2D eigenvalue weighted by Gasteiger charge is -2.33. The van der Waals surface area contributed by atoms with Gasteiger partial charge in [-0.1, -0.05) is 19.1 Å². The molecular formula is C12H17NO. The molecule has 0 spiro atoms. The van der Waals surface area contributed by atoms with Crippen LogP contribution in [-0.2, 0) is 6.54 Å². The number of aromatic hydroxyl groups is 1. The standard InChI is InChI=1S/C12H17NO/c1-9-5-11(6-9)13-8-10-3-2-4-12(14)7-10/h2-4,7,9,11,13-14H,5-6,8H2,1H3. The molecule has 0 aromatic heterocycles. The molecule has 1 aliphatic carbocycles. The van der Waals surface area contributed by atoms with E-state index in [-0.39, 0.29) is 0 Å². The van der Waals surface area contributed by atoms with Crippen molar-refractivity contribution in [3.05, 3.63) is 29.8 Å². The van der Waals surface area contributed by atoms with Gasteiger partial charge in [0.1, 0.15) is 5.75 Å². The Morgan fingerprint density at radius 1 is 1.43 bits per heavy atom. The lowest BCUT2D eigenvalue weighted by molar-refractivity contribution is 0.240. The second kappa shape index (κ2) is 4.01. The minimum Gasteiger partial charge on any atom is -0.508 e. The van der Waals surface area contributed by atoms with E-state index in [4.69, 9.17) is 0 Å². The molecule has 2 heteroatoms. The Morgan fingerprint density at radius 3 is 2.86 bits per heavy atom. The lowest BCUT2D eigenvalue weighted by Crippen LogP contribution is -2.39. The molecule has 0 radical (unpaired) electrons. The van der Waals surface area contributed by atoms with Crippen molar-refractivity contribution >= 4 is 0 Å². The molecule has 1 saturated carbocycles. The smallest absolute Gasteiger partial charge is 0.115 e. The van der Waals surface area contributed by atoms with Crippen LogP contribution in [0.3, 0.4) is 0 Å². The molecule has 1 aromatic rings. The van der Waals surface area contributed by atoms with E-state index in [2.05, 4.69) is 12.2 Å². The van der Waals surface area contributed by atoms with Crippen LogP contribution in [0, 0.1) is 5.92 Å². The van der Waals surface area contributed by atoms with Gasteiger partial charge < -0.3 is 10.4 Å². The predicted octanol–water partition coefficient (Wildman–Crippen LogP) is 2.28. The summed E-state index contributed by atoms with van der Waals surface area (Å²) in [5.41, 5.74) is 1.16. The largest absolute Gasteiger partial charge is 0.508 e. The van der Waals surface area contributed by atoms with E-state index in [1.54, 1.807) is 6.07 Å². The van der Waals surface area contributed by atoms with Crippen molar-refractivity contribution in [2.75, 3.05) is 0 Å². The van der Waals surface area contributed by atoms with Crippen LogP contribution < -0.4 is 5.32 Å². The minimum absolute atomic E-state index is 0.353. The molecular weight excluding hydrogens is 174 g/mol. The van der Waals surface area contributed by atoms with E-state index < -0.39 is 0 Å². The summed E-state index contributed by atoms with van der Waals surface area (Å²) >= 11 is 0. The number of rotatable bonds is 3. The summed E-state index contributed by atoms with van der Waals surface area (Å²) < 4.78 is 0. The van der Waals surface area contributed by atoms with Gasteiger partial charge in [-0.25, -0.2) is 0 Å². The van der Waals surface area contributed by atoms with Gasteiger partial charge in [0.2, 0.25) is 0 Å². The van der Waals surface area contributed by atoms with Gasteiger partial charge in [-0.15, -0.1) is 0 Å². The third-order valence-electron chi connectivity index (χ3n) is 2.88. The van der Waals surface area contributed by atoms with Crippen LogP contribution in [0.25, 0.3) is 0 Å². The lowest BCUT2D eigenvalue weighted by atomic mass is 9.82. The molecule has 1 aromatic carbocycles. The van der Waals surface area contributed by atoms with E-state index in [9.17, 15) is 5.11 Å². The normalized spacial score (nSPS) is 25.8. The summed E-state index contributed by atoms with van der Waals surface area (Å²) in [6, 6.07) is 8.13. The molecule has 0 atom stereocenters. The number of phenols is 1. The molecule has 0 amide bonds. The number of benzene rings is 1. The number of hydrogen-bond acceptors (Lipinski definition) is 2. The van der Waals surface area contributed by atoms with Gasteiger partial charge in [-0.3, -0.25) is 0 Å². The first-order chi connectivity index (χ1) is 6.74. The van der Waals surface area contributed by atoms with Crippen LogP contribution in [0.15, 0.2) is 24.3 Å². The van der Waals surface area contributed by atoms with Gasteiger partial charge in [0.25, 0.3) is 0 Å². The Bertz CT molecular complexity index is 305. The van der Waals surface area contributed by atoms with Gasteiger partial charge in [0, 0.05) is 12.6 Å². The van der Waals surface area contributed by atoms with Crippen molar-refractivity contribution in [3.8, 4) is 5.75 Å². The minimum atomic E-state index is 0.353. The fraction of sp³-hybridized carbons (Fsp3) is 0.500. The summed E-state index contributed by atoms with van der Waals surface area (Å²) in [5.74, 6) is 1.24. The van der Waals surface area contributed by atoms with E-state index >= 15 is 0 Å². The van der Waals surface area contributed by atoms with Crippen molar-refractivity contribution in [2.24, 2.45) is 5.92 Å². The van der Waals surface area contributed by atoms with Gasteiger partial charge in [-0.2, -0.15) is 0 Å². The highest BCUT2D eigenvalue weighted by molar-refractivity contribution is 5.26. The van der Waals surface area contributed by atoms with Gasteiger partial charge in [-0.05, 0) is 36.5 Å². The topological polar surface area (TPSA) is 32.3 Å². The third kappa shape index (κ3) is 2.26. The highest BCUT2D eigenvalue weighted by Crippen LogP contribution is 2.26. The van der Waals surface area contributed by atoms with Gasteiger partial charge in [0.05, 0.1) is 0 Å². The monoisotopic (exact) mass is 191 g/mol. The maximum absolute atomic E-state index is 9.26. The molecule has 2 rings (SSSR count). The molecule has 14 heavy (non-hydrogen) atoms. The molecule has 1 aliphatic rings. The maximum atomic E-state index is 9.26. The summed E-state index contributed by atoms with van der Waals surface area (Å²) in [6.07, 6.45) is 2.58. The summed E-state index contributed by atoms with van der Waals surface area (Å²) in [7, 11) is 0. The summed E-state index contributed by atoms with van der Waals surface area (Å²) in [5, 5.41) is 12.7. The molecule has 2 N–H and O–H groups in total. The predicted molar refractivity (Wildman–Crippen MR) is 57.1 cm³/mol. The first kappa shape index (κ1) is 9.53. The second-order valence-corrected chi connectivity index (χ2v) is 4.32. The number of phenolic OH excluding ortho intramolecular Hbond substituents is 1. The Balaban J connectivity index is 1.80. The van der Waals surface area contributed by atoms with E-state index in [1.165, 1.54) is 12.8 Å². The average molecular weight is 191 g/mol. The van der Waals surface area contributed by atoms with Crippen LogP contribution in [0.1, 0.15) is 25.3 Å². The summed E-state index contributed by atoms with van der Waals surface area (Å²) in [6.45, 7) is 3.15. The Labute approximate surface area is 85.0 Å². The molecule has 76 valence electrons. The maximum Gasteiger partial charge on any atom is 0.115 e. The Morgan fingerprint density at radius 2 is 2.21 bits per heavy atom. The Kier molecular flexibility index (Phi) is 2.73. The highest BCUT2D eigenvalue weighted by Gasteiger charge is 2.24. The molecule has 2 nitrogen and oxygen atoms in total. The van der Waals surface area contributed by atoms with Crippen molar-refractivity contribution < 1.29 is 5.11 Å². The van der Waals surface area contributed by atoms with E-state index in [1.807, 2.05) is 18.2 Å².